The molecule has 0 aliphatic carbocycles. The van der Waals surface area contributed by atoms with Crippen molar-refractivity contribution in [3.8, 4) is 0 Å². The summed E-state index contributed by atoms with van der Waals surface area (Å²) >= 11 is 0. The van der Waals surface area contributed by atoms with Gasteiger partial charge in [-0.25, -0.2) is 0 Å². The number of likely N-dealkylation sites (N-methyl/N-ethyl adjacent to an activating group) is 1. The molecule has 3 atom stereocenters. The molecule has 0 aromatic rings. The van der Waals surface area contributed by atoms with Crippen LogP contribution in [-0.4, -0.2) is 36.6 Å². The Morgan fingerprint density at radius 1 is 1.21 bits per heavy atom. The molecule has 0 aromatic heterocycles. The second kappa shape index (κ2) is 7.64. The highest BCUT2D eigenvalue weighted by Crippen LogP contribution is 2.35. The Kier molecular flexibility index (Phi) is 6.82. The van der Waals surface area contributed by atoms with E-state index < -0.39 is 0 Å². The highest BCUT2D eigenvalue weighted by Gasteiger charge is 2.36. The lowest BCUT2D eigenvalue weighted by molar-refractivity contribution is 0.155. The fraction of sp³-hybridized carbons (Fsp3) is 1.00. The molecule has 1 aliphatic heterocycles. The second-order valence-corrected chi connectivity index (χ2v) is 7.28. The molecule has 1 saturated heterocycles. The van der Waals surface area contributed by atoms with E-state index in [0.29, 0.717) is 11.5 Å². The topological polar surface area (TPSA) is 15.3 Å². The van der Waals surface area contributed by atoms with Gasteiger partial charge in [0, 0.05) is 18.6 Å². The van der Waals surface area contributed by atoms with Crippen molar-refractivity contribution in [2.24, 2.45) is 11.3 Å². The smallest absolute Gasteiger partial charge is 0.0246 e. The van der Waals surface area contributed by atoms with Gasteiger partial charge < -0.3 is 5.32 Å². The molecule has 1 N–H and O–H groups in total. The lowest BCUT2D eigenvalue weighted by atomic mass is 9.80. The van der Waals surface area contributed by atoms with Gasteiger partial charge in [0.2, 0.25) is 0 Å². The minimum absolute atomic E-state index is 0.464. The molecule has 0 radical (unpaired) electrons. The SMILES string of the molecule is CCCC(NCC)C(CC)N1CCC(C(C)(C)C)C1. The summed E-state index contributed by atoms with van der Waals surface area (Å²) in [5.74, 6) is 0.866. The van der Waals surface area contributed by atoms with Gasteiger partial charge in [-0.15, -0.1) is 0 Å². The monoisotopic (exact) mass is 268 g/mol. The van der Waals surface area contributed by atoms with Crippen LogP contribution in [0.2, 0.25) is 0 Å². The van der Waals surface area contributed by atoms with E-state index >= 15 is 0 Å². The first kappa shape index (κ1) is 17.0. The van der Waals surface area contributed by atoms with Crippen molar-refractivity contribution in [1.82, 2.24) is 10.2 Å². The van der Waals surface area contributed by atoms with E-state index in [9.17, 15) is 0 Å². The third kappa shape index (κ3) is 4.75. The molecule has 0 aromatic carbocycles. The summed E-state index contributed by atoms with van der Waals surface area (Å²) in [6.07, 6.45) is 5.24. The second-order valence-electron chi connectivity index (χ2n) is 7.28. The average molecular weight is 268 g/mol. The van der Waals surface area contributed by atoms with Crippen LogP contribution in [0, 0.1) is 11.3 Å². The van der Waals surface area contributed by atoms with Gasteiger partial charge >= 0.3 is 0 Å². The first-order chi connectivity index (χ1) is 8.93. The third-order valence-electron chi connectivity index (χ3n) is 4.86. The van der Waals surface area contributed by atoms with Crippen molar-refractivity contribution in [3.05, 3.63) is 0 Å². The quantitative estimate of drug-likeness (QED) is 0.753. The Balaban J connectivity index is 2.64. The van der Waals surface area contributed by atoms with Crippen LogP contribution in [0.5, 0.6) is 0 Å². The van der Waals surface area contributed by atoms with Crippen LogP contribution < -0.4 is 5.32 Å². The number of likely N-dealkylation sites (tertiary alicyclic amines) is 1. The molecule has 2 heteroatoms. The van der Waals surface area contributed by atoms with Crippen LogP contribution in [0.25, 0.3) is 0 Å². The molecule has 1 aliphatic rings. The van der Waals surface area contributed by atoms with Gasteiger partial charge in [-0.05, 0) is 43.7 Å². The van der Waals surface area contributed by atoms with Gasteiger partial charge in [-0.2, -0.15) is 0 Å². The molecule has 0 saturated carbocycles. The molecule has 2 nitrogen and oxygen atoms in total. The van der Waals surface area contributed by atoms with Gasteiger partial charge in [0.25, 0.3) is 0 Å². The zero-order chi connectivity index (χ0) is 14.5. The van der Waals surface area contributed by atoms with Gasteiger partial charge in [-0.1, -0.05) is 48.0 Å². The third-order valence-corrected chi connectivity index (χ3v) is 4.86. The number of nitrogens with one attached hydrogen (secondary N) is 1. The number of nitrogens with zero attached hydrogens (tertiary/aromatic N) is 1. The van der Waals surface area contributed by atoms with Crippen molar-refractivity contribution < 1.29 is 0 Å². The number of rotatable bonds is 7. The van der Waals surface area contributed by atoms with E-state index in [1.54, 1.807) is 0 Å². The predicted molar refractivity (Wildman–Crippen MR) is 85.6 cm³/mol. The van der Waals surface area contributed by atoms with Crippen LogP contribution in [-0.2, 0) is 0 Å². The maximum Gasteiger partial charge on any atom is 0.0246 e. The molecule has 0 bridgehead atoms. The molecule has 1 fully saturated rings. The number of hydrogen-bond acceptors (Lipinski definition) is 2. The average Bonchev–Trinajstić information content (AvgIpc) is 2.80. The molecule has 0 amide bonds. The molecular formula is C17H36N2. The normalized spacial score (nSPS) is 24.6. The van der Waals surface area contributed by atoms with E-state index in [0.717, 1.165) is 18.5 Å². The summed E-state index contributed by atoms with van der Waals surface area (Å²) in [7, 11) is 0. The zero-order valence-electron chi connectivity index (χ0n) is 14.1. The largest absolute Gasteiger partial charge is 0.313 e. The Bertz CT molecular complexity index is 238. The van der Waals surface area contributed by atoms with Crippen LogP contribution in [0.15, 0.2) is 0 Å². The van der Waals surface area contributed by atoms with E-state index in [2.05, 4.69) is 51.8 Å². The van der Waals surface area contributed by atoms with E-state index in [1.165, 1.54) is 38.8 Å². The Hall–Kier alpha value is -0.0800. The molecule has 1 rings (SSSR count). The molecule has 19 heavy (non-hydrogen) atoms. The highest BCUT2D eigenvalue weighted by atomic mass is 15.2. The van der Waals surface area contributed by atoms with Crippen molar-refractivity contribution in [3.63, 3.8) is 0 Å². The summed E-state index contributed by atoms with van der Waals surface area (Å²) in [5, 5.41) is 3.72. The summed E-state index contributed by atoms with van der Waals surface area (Å²) in [6.45, 7) is 17.8. The van der Waals surface area contributed by atoms with E-state index in [-0.39, 0.29) is 0 Å². The van der Waals surface area contributed by atoms with Gasteiger partial charge in [0.1, 0.15) is 0 Å². The van der Waals surface area contributed by atoms with Crippen molar-refractivity contribution in [2.75, 3.05) is 19.6 Å². The number of hydrogen-bond donors (Lipinski definition) is 1. The summed E-state index contributed by atoms with van der Waals surface area (Å²) in [6, 6.07) is 1.41. The maximum atomic E-state index is 3.72. The van der Waals surface area contributed by atoms with Crippen molar-refractivity contribution in [2.45, 2.75) is 79.3 Å². The first-order valence-electron chi connectivity index (χ1n) is 8.41. The van der Waals surface area contributed by atoms with E-state index in [4.69, 9.17) is 0 Å². The van der Waals surface area contributed by atoms with Gasteiger partial charge in [0.05, 0.1) is 0 Å². The summed E-state index contributed by atoms with van der Waals surface area (Å²) in [4.78, 5) is 2.76. The van der Waals surface area contributed by atoms with Crippen LogP contribution in [0.4, 0.5) is 0 Å². The Morgan fingerprint density at radius 3 is 2.32 bits per heavy atom. The van der Waals surface area contributed by atoms with Crippen LogP contribution in [0.3, 0.4) is 0 Å². The first-order valence-corrected chi connectivity index (χ1v) is 8.41. The van der Waals surface area contributed by atoms with Crippen LogP contribution >= 0.6 is 0 Å². The van der Waals surface area contributed by atoms with Crippen molar-refractivity contribution >= 4 is 0 Å². The Labute approximate surface area is 121 Å². The van der Waals surface area contributed by atoms with Gasteiger partial charge in [-0.3, -0.25) is 4.90 Å². The highest BCUT2D eigenvalue weighted by molar-refractivity contribution is 4.91. The molecule has 1 heterocycles. The van der Waals surface area contributed by atoms with Crippen LogP contribution in [0.1, 0.15) is 67.2 Å². The lowest BCUT2D eigenvalue weighted by Crippen LogP contribution is -2.49. The zero-order valence-corrected chi connectivity index (χ0v) is 14.1. The minimum atomic E-state index is 0.464. The van der Waals surface area contributed by atoms with Gasteiger partial charge in [0.15, 0.2) is 0 Å². The predicted octanol–water partition coefficient (Wildman–Crippen LogP) is 3.91. The summed E-state index contributed by atoms with van der Waals surface area (Å²) in [5.41, 5.74) is 0.464. The van der Waals surface area contributed by atoms with E-state index in [1.807, 2.05) is 0 Å². The molecule has 114 valence electrons. The molecular weight excluding hydrogens is 232 g/mol. The maximum absolute atomic E-state index is 3.72. The summed E-state index contributed by atoms with van der Waals surface area (Å²) < 4.78 is 0. The fourth-order valence-corrected chi connectivity index (χ4v) is 3.60. The molecule has 3 unspecified atom stereocenters. The minimum Gasteiger partial charge on any atom is -0.313 e. The Morgan fingerprint density at radius 2 is 1.89 bits per heavy atom. The fourth-order valence-electron chi connectivity index (χ4n) is 3.60. The lowest BCUT2D eigenvalue weighted by Gasteiger charge is -2.35. The molecule has 0 spiro atoms. The van der Waals surface area contributed by atoms with Crippen molar-refractivity contribution in [1.29, 1.82) is 0 Å². The standard InChI is InChI=1S/C17H36N2/c1-7-10-15(18-9-3)16(8-2)19-12-11-14(13-19)17(4,5)6/h14-16,18H,7-13H2,1-6H3.